The lowest BCUT2D eigenvalue weighted by molar-refractivity contribution is 0.102. The number of halogens is 1. The van der Waals surface area contributed by atoms with Crippen LogP contribution in [0, 0.1) is 0 Å². The van der Waals surface area contributed by atoms with Gasteiger partial charge in [-0.1, -0.05) is 37.5 Å². The van der Waals surface area contributed by atoms with Crippen molar-refractivity contribution in [1.29, 1.82) is 0 Å². The predicted molar refractivity (Wildman–Crippen MR) is 109 cm³/mol. The molecule has 158 valence electrons. The van der Waals surface area contributed by atoms with Gasteiger partial charge < -0.3 is 14.6 Å². The lowest BCUT2D eigenvalue weighted by Gasteiger charge is -2.13. The average molecular weight is 442 g/mol. The number of amides is 1. The maximum absolute atomic E-state index is 12.6. The van der Waals surface area contributed by atoms with Crippen molar-refractivity contribution in [3.8, 4) is 0 Å². The first kappa shape index (κ1) is 21.8. The van der Waals surface area contributed by atoms with Gasteiger partial charge in [0.25, 0.3) is 5.91 Å². The second-order valence-corrected chi connectivity index (χ2v) is 10.1. The molecule has 2 heterocycles. The highest BCUT2D eigenvalue weighted by Gasteiger charge is 2.24. The van der Waals surface area contributed by atoms with E-state index in [9.17, 15) is 13.2 Å². The van der Waals surface area contributed by atoms with Gasteiger partial charge in [-0.05, 0) is 31.0 Å². The minimum Gasteiger partial charge on any atom is -0.377 e. The number of sulfonamides is 1. The molecule has 0 radical (unpaired) electrons. The Morgan fingerprint density at radius 3 is 2.69 bits per heavy atom. The van der Waals surface area contributed by atoms with E-state index in [0.29, 0.717) is 12.4 Å². The standard InChI is InChI=1S/C19H24ClN3O5S/c1-19(2,3)16-10-17(23-28-16)22-18(24)12-6-7-14(20)15(9-12)29(25,26)21-11-13-5-4-8-27-13/h6-7,9-10,13,21H,4-5,8,11H2,1-3H3,(H,22,23,24). The fourth-order valence-electron chi connectivity index (χ4n) is 2.81. The summed E-state index contributed by atoms with van der Waals surface area (Å²) in [5.74, 6) is 0.340. The van der Waals surface area contributed by atoms with Gasteiger partial charge in [0, 0.05) is 30.2 Å². The highest BCUT2D eigenvalue weighted by molar-refractivity contribution is 7.89. The topological polar surface area (TPSA) is 111 Å². The van der Waals surface area contributed by atoms with E-state index in [1.54, 1.807) is 6.07 Å². The zero-order chi connectivity index (χ0) is 21.2. The summed E-state index contributed by atoms with van der Waals surface area (Å²) < 4.78 is 38.5. The van der Waals surface area contributed by atoms with E-state index in [1.807, 2.05) is 20.8 Å². The third-order valence-electron chi connectivity index (χ3n) is 4.50. The number of anilines is 1. The zero-order valence-corrected chi connectivity index (χ0v) is 18.1. The number of carbonyl (C=O) groups is 1. The van der Waals surface area contributed by atoms with E-state index in [4.69, 9.17) is 20.9 Å². The molecular formula is C19H24ClN3O5S. The van der Waals surface area contributed by atoms with Gasteiger partial charge in [-0.25, -0.2) is 13.1 Å². The van der Waals surface area contributed by atoms with Crippen molar-refractivity contribution in [3.63, 3.8) is 0 Å². The Balaban J connectivity index is 1.75. The molecule has 1 aliphatic rings. The van der Waals surface area contributed by atoms with E-state index in [0.717, 1.165) is 12.8 Å². The summed E-state index contributed by atoms with van der Waals surface area (Å²) >= 11 is 6.09. The molecule has 2 aromatic rings. The largest absolute Gasteiger partial charge is 0.377 e. The smallest absolute Gasteiger partial charge is 0.256 e. The minimum absolute atomic E-state index is 0.0258. The van der Waals surface area contributed by atoms with E-state index in [-0.39, 0.29) is 39.4 Å². The van der Waals surface area contributed by atoms with Crippen LogP contribution in [-0.4, -0.2) is 38.7 Å². The summed E-state index contributed by atoms with van der Waals surface area (Å²) in [5, 5.41) is 6.46. The minimum atomic E-state index is -3.90. The number of ether oxygens (including phenoxy) is 1. The molecule has 1 saturated heterocycles. The molecule has 0 bridgehead atoms. The van der Waals surface area contributed by atoms with Gasteiger partial charge in [0.2, 0.25) is 10.0 Å². The molecule has 1 unspecified atom stereocenters. The maximum atomic E-state index is 12.6. The summed E-state index contributed by atoms with van der Waals surface area (Å²) in [6, 6.07) is 5.69. The maximum Gasteiger partial charge on any atom is 0.256 e. The third kappa shape index (κ3) is 5.36. The molecule has 3 rings (SSSR count). The molecule has 2 N–H and O–H groups in total. The van der Waals surface area contributed by atoms with Crippen LogP contribution >= 0.6 is 11.6 Å². The Labute approximate surface area is 175 Å². The number of nitrogens with zero attached hydrogens (tertiary/aromatic N) is 1. The van der Waals surface area contributed by atoms with Crippen LogP contribution in [0.1, 0.15) is 49.7 Å². The van der Waals surface area contributed by atoms with Crippen molar-refractivity contribution in [2.45, 2.75) is 50.0 Å². The van der Waals surface area contributed by atoms with Crippen LogP contribution in [0.4, 0.5) is 5.82 Å². The molecule has 0 saturated carbocycles. The second kappa shape index (κ2) is 8.43. The van der Waals surface area contributed by atoms with Crippen molar-refractivity contribution in [3.05, 3.63) is 40.6 Å². The van der Waals surface area contributed by atoms with Crippen LogP contribution in [0.25, 0.3) is 0 Å². The van der Waals surface area contributed by atoms with Crippen LogP contribution in [0.5, 0.6) is 0 Å². The van der Waals surface area contributed by atoms with Crippen LogP contribution < -0.4 is 10.0 Å². The molecule has 8 nitrogen and oxygen atoms in total. The highest BCUT2D eigenvalue weighted by atomic mass is 35.5. The Bertz CT molecular complexity index is 992. The van der Waals surface area contributed by atoms with Crippen LogP contribution in [0.15, 0.2) is 33.7 Å². The van der Waals surface area contributed by atoms with Gasteiger partial charge >= 0.3 is 0 Å². The highest BCUT2D eigenvalue weighted by Crippen LogP contribution is 2.26. The Morgan fingerprint density at radius 1 is 1.31 bits per heavy atom. The fourth-order valence-corrected chi connectivity index (χ4v) is 4.40. The second-order valence-electron chi connectivity index (χ2n) is 7.91. The molecule has 1 fully saturated rings. The Morgan fingerprint density at radius 2 is 2.07 bits per heavy atom. The van der Waals surface area contributed by atoms with Gasteiger partial charge in [-0.3, -0.25) is 4.79 Å². The first-order valence-corrected chi connectivity index (χ1v) is 11.1. The monoisotopic (exact) mass is 441 g/mol. The number of nitrogens with one attached hydrogen (secondary N) is 2. The molecule has 1 amide bonds. The predicted octanol–water partition coefficient (Wildman–Crippen LogP) is 3.34. The molecule has 1 aromatic heterocycles. The number of hydrogen-bond acceptors (Lipinski definition) is 6. The van der Waals surface area contributed by atoms with Crippen LogP contribution in [0.2, 0.25) is 5.02 Å². The molecule has 10 heteroatoms. The number of benzene rings is 1. The lowest BCUT2D eigenvalue weighted by atomic mass is 9.93. The molecular weight excluding hydrogens is 418 g/mol. The summed E-state index contributed by atoms with van der Waals surface area (Å²) in [6.07, 6.45) is 1.55. The van der Waals surface area contributed by atoms with E-state index < -0.39 is 15.9 Å². The lowest BCUT2D eigenvalue weighted by Crippen LogP contribution is -2.32. The summed E-state index contributed by atoms with van der Waals surface area (Å²) in [6.45, 7) is 6.66. The number of rotatable bonds is 6. The summed E-state index contributed by atoms with van der Waals surface area (Å²) in [7, 11) is -3.90. The van der Waals surface area contributed by atoms with Crippen molar-refractivity contribution < 1.29 is 22.5 Å². The molecule has 1 aromatic carbocycles. The number of carbonyl (C=O) groups excluding carboxylic acids is 1. The van der Waals surface area contributed by atoms with Crippen LogP contribution in [0.3, 0.4) is 0 Å². The SMILES string of the molecule is CC(C)(C)c1cc(NC(=O)c2ccc(Cl)c(S(=O)(=O)NCC3CCCO3)c2)no1. The van der Waals surface area contributed by atoms with E-state index in [1.165, 1.54) is 18.2 Å². The fraction of sp³-hybridized carbons (Fsp3) is 0.474. The van der Waals surface area contributed by atoms with Crippen molar-refractivity contribution in [1.82, 2.24) is 9.88 Å². The Kier molecular flexibility index (Phi) is 6.33. The van der Waals surface area contributed by atoms with Gasteiger partial charge in [0.05, 0.1) is 11.1 Å². The summed E-state index contributed by atoms with van der Waals surface area (Å²) in [4.78, 5) is 12.4. The van der Waals surface area contributed by atoms with Crippen molar-refractivity contribution in [2.75, 3.05) is 18.5 Å². The average Bonchev–Trinajstić information content (AvgIpc) is 3.31. The van der Waals surface area contributed by atoms with Crippen LogP contribution in [-0.2, 0) is 20.2 Å². The Hall–Kier alpha value is -1.94. The van der Waals surface area contributed by atoms with Crippen molar-refractivity contribution in [2.24, 2.45) is 0 Å². The van der Waals surface area contributed by atoms with Gasteiger partial charge in [0.15, 0.2) is 5.82 Å². The van der Waals surface area contributed by atoms with Gasteiger partial charge in [-0.15, -0.1) is 0 Å². The normalized spacial score (nSPS) is 17.4. The quantitative estimate of drug-likeness (QED) is 0.711. The van der Waals surface area contributed by atoms with E-state index in [2.05, 4.69) is 15.2 Å². The van der Waals surface area contributed by atoms with E-state index >= 15 is 0 Å². The number of aromatic nitrogens is 1. The van der Waals surface area contributed by atoms with Gasteiger partial charge in [0.1, 0.15) is 10.7 Å². The third-order valence-corrected chi connectivity index (χ3v) is 6.40. The number of hydrogen-bond donors (Lipinski definition) is 2. The molecule has 0 aliphatic carbocycles. The zero-order valence-electron chi connectivity index (χ0n) is 16.5. The first-order chi connectivity index (χ1) is 13.6. The molecule has 0 spiro atoms. The molecule has 1 aliphatic heterocycles. The first-order valence-electron chi connectivity index (χ1n) is 9.25. The van der Waals surface area contributed by atoms with Gasteiger partial charge in [-0.2, -0.15) is 0 Å². The molecule has 29 heavy (non-hydrogen) atoms. The summed E-state index contributed by atoms with van der Waals surface area (Å²) in [5.41, 5.74) is -0.126. The molecule has 1 atom stereocenters. The van der Waals surface area contributed by atoms with Crippen molar-refractivity contribution >= 4 is 33.3 Å².